The zero-order chi connectivity index (χ0) is 39.3. The minimum Gasteiger partial charge on any atom is -0.497 e. The number of halogens is 6. The number of hydrogen-bond acceptors (Lipinski definition) is 2. The first-order valence-electron chi connectivity index (χ1n) is 18.4. The van der Waals surface area contributed by atoms with Crippen molar-refractivity contribution in [2.75, 3.05) is 14.2 Å². The lowest BCUT2D eigenvalue weighted by atomic mass is 10.1. The van der Waals surface area contributed by atoms with E-state index in [2.05, 4.69) is 121 Å². The summed E-state index contributed by atoms with van der Waals surface area (Å²) < 4.78 is 48.8. The molecule has 2 unspecified atom stereocenters. The molecular weight excluding hydrogens is 970 g/mol. The molecule has 2 heterocycles. The molecule has 8 rings (SSSR count). The molecule has 0 radical (unpaired) electrons. The lowest BCUT2D eigenvalue weighted by molar-refractivity contribution is 0.283. The Hall–Kier alpha value is -3.70. The predicted molar refractivity (Wildman–Crippen MR) is 242 cm³/mol. The molecule has 0 saturated carbocycles. The zero-order valence-electron chi connectivity index (χ0n) is 30.9. The number of methoxy groups -OCH3 is 2. The van der Waals surface area contributed by atoms with Crippen molar-refractivity contribution in [1.82, 2.24) is 9.13 Å². The van der Waals surface area contributed by atoms with Crippen LogP contribution in [0.3, 0.4) is 0 Å². The first kappa shape index (κ1) is 40.5. The molecule has 2 aromatic heterocycles. The topological polar surface area (TPSA) is 28.3 Å². The van der Waals surface area contributed by atoms with E-state index in [0.717, 1.165) is 84.1 Å². The smallest absolute Gasteiger partial charge is 0.119 e. The van der Waals surface area contributed by atoms with Crippen molar-refractivity contribution in [3.63, 3.8) is 0 Å². The molecule has 4 nitrogen and oxygen atoms in total. The van der Waals surface area contributed by atoms with Gasteiger partial charge in [0.15, 0.2) is 0 Å². The maximum atomic E-state index is 15.0. The van der Waals surface area contributed by atoms with Gasteiger partial charge in [-0.3, -0.25) is 0 Å². The van der Waals surface area contributed by atoms with Gasteiger partial charge < -0.3 is 18.6 Å². The molecule has 0 aliphatic rings. The average molecular weight is 1010 g/mol. The summed E-state index contributed by atoms with van der Waals surface area (Å²) in [5.41, 5.74) is 6.41. The predicted octanol–water partition coefficient (Wildman–Crippen LogP) is 14.6. The van der Waals surface area contributed by atoms with E-state index in [1.807, 2.05) is 72.8 Å². The van der Waals surface area contributed by atoms with Gasteiger partial charge in [0.25, 0.3) is 0 Å². The molecule has 56 heavy (non-hydrogen) atoms. The third kappa shape index (κ3) is 9.36. The van der Waals surface area contributed by atoms with Crippen LogP contribution < -0.4 is 9.47 Å². The fraction of sp³-hybridized carbons (Fsp3) is 0.217. The second kappa shape index (κ2) is 18.3. The van der Waals surface area contributed by atoms with E-state index in [0.29, 0.717) is 38.8 Å². The van der Waals surface area contributed by atoms with Gasteiger partial charge in [-0.15, -0.1) is 0 Å². The highest BCUT2D eigenvalue weighted by Gasteiger charge is 2.18. The molecule has 0 fully saturated rings. The molecule has 0 bridgehead atoms. The Kier molecular flexibility index (Phi) is 13.2. The largest absolute Gasteiger partial charge is 0.497 e. The summed E-state index contributed by atoms with van der Waals surface area (Å²) in [4.78, 5) is 0. The van der Waals surface area contributed by atoms with Gasteiger partial charge in [0.1, 0.15) is 23.8 Å². The third-order valence-corrected chi connectivity index (χ3v) is 12.1. The molecule has 0 aliphatic carbocycles. The van der Waals surface area contributed by atoms with Crippen molar-refractivity contribution in [2.24, 2.45) is 0 Å². The molecule has 10 heteroatoms. The molecule has 8 aromatic rings. The van der Waals surface area contributed by atoms with Gasteiger partial charge in [-0.25, -0.2) is 8.78 Å². The van der Waals surface area contributed by atoms with Crippen LogP contribution in [0, 0.1) is 0 Å². The third-order valence-electron chi connectivity index (χ3n) is 10.1. The SMILES string of the molecule is COc1cccc(CCC(F)Cn2c3ccc(Br)cc3c3cc(Br)ccc32)c1.COc1cccc(CCC(F)Cn2c3ccc(Br)cc3c3cc(Br)ccc32)c1. The zero-order valence-corrected chi connectivity index (χ0v) is 37.3. The first-order chi connectivity index (χ1) is 27.1. The molecule has 0 saturated heterocycles. The van der Waals surface area contributed by atoms with Gasteiger partial charge in [-0.05, 0) is 134 Å². The van der Waals surface area contributed by atoms with Crippen LogP contribution in [0.2, 0.25) is 0 Å². The van der Waals surface area contributed by atoms with Crippen LogP contribution in [0.25, 0.3) is 43.6 Å². The van der Waals surface area contributed by atoms with Gasteiger partial charge in [-0.1, -0.05) is 88.0 Å². The molecule has 0 spiro atoms. The summed E-state index contributed by atoms with van der Waals surface area (Å²) in [5, 5.41) is 4.52. The Morgan fingerprint density at radius 3 is 1.09 bits per heavy atom. The quantitative estimate of drug-likeness (QED) is 0.122. The van der Waals surface area contributed by atoms with Gasteiger partial charge in [-0.2, -0.15) is 0 Å². The van der Waals surface area contributed by atoms with Gasteiger partial charge in [0.05, 0.1) is 27.3 Å². The van der Waals surface area contributed by atoms with Crippen molar-refractivity contribution in [1.29, 1.82) is 0 Å². The second-order valence-electron chi connectivity index (χ2n) is 13.8. The lowest BCUT2D eigenvalue weighted by Crippen LogP contribution is -2.12. The monoisotopic (exact) mass is 1010 g/mol. The standard InChI is InChI=1S/2C23H20Br2FNO/c2*1-28-19-4-2-3-15(11-19)5-8-18(26)14-27-22-9-6-16(24)12-20(22)21-13-17(25)7-10-23(21)27/h2*2-4,6-7,9-13,18H,5,8,14H2,1H3. The van der Waals surface area contributed by atoms with Crippen molar-refractivity contribution in [3.05, 3.63) is 150 Å². The van der Waals surface area contributed by atoms with Crippen LogP contribution in [0.15, 0.2) is 139 Å². The van der Waals surface area contributed by atoms with E-state index in [4.69, 9.17) is 9.47 Å². The maximum absolute atomic E-state index is 15.0. The summed E-state index contributed by atoms with van der Waals surface area (Å²) in [6, 6.07) is 40.4. The van der Waals surface area contributed by atoms with Crippen LogP contribution >= 0.6 is 63.7 Å². The molecule has 6 aromatic carbocycles. The number of aryl methyl sites for hydroxylation is 2. The number of fused-ring (bicyclic) bond motifs is 6. The Balaban J connectivity index is 0.000000172. The first-order valence-corrected chi connectivity index (χ1v) is 21.6. The molecule has 0 aliphatic heterocycles. The van der Waals surface area contributed by atoms with Crippen LogP contribution in [0.4, 0.5) is 8.78 Å². The normalized spacial score (nSPS) is 12.6. The summed E-state index contributed by atoms with van der Waals surface area (Å²) in [6.45, 7) is 0.681. The Morgan fingerprint density at radius 2 is 0.786 bits per heavy atom. The highest BCUT2D eigenvalue weighted by molar-refractivity contribution is 9.11. The average Bonchev–Trinajstić information content (AvgIpc) is 3.66. The Morgan fingerprint density at radius 1 is 0.464 bits per heavy atom. The fourth-order valence-corrected chi connectivity index (χ4v) is 8.82. The van der Waals surface area contributed by atoms with E-state index in [1.54, 1.807) is 14.2 Å². The maximum Gasteiger partial charge on any atom is 0.119 e. The molecule has 2 atom stereocenters. The van der Waals surface area contributed by atoms with Crippen molar-refractivity contribution in [2.45, 2.75) is 51.1 Å². The number of hydrogen-bond donors (Lipinski definition) is 0. The highest BCUT2D eigenvalue weighted by Crippen LogP contribution is 2.35. The molecule has 0 N–H and O–H groups in total. The summed E-state index contributed by atoms with van der Waals surface area (Å²) in [5.74, 6) is 1.62. The number of nitrogens with zero attached hydrogens (tertiary/aromatic N) is 2. The van der Waals surface area contributed by atoms with Crippen LogP contribution in [0.5, 0.6) is 11.5 Å². The van der Waals surface area contributed by atoms with Crippen molar-refractivity contribution < 1.29 is 18.3 Å². The Bertz CT molecular complexity index is 2340. The van der Waals surface area contributed by atoms with Gasteiger partial charge >= 0.3 is 0 Å². The number of alkyl halides is 2. The van der Waals surface area contributed by atoms with E-state index in [9.17, 15) is 8.78 Å². The number of aromatic nitrogens is 2. The number of benzene rings is 6. The number of rotatable bonds is 12. The van der Waals surface area contributed by atoms with E-state index in [-0.39, 0.29) is 0 Å². The Labute approximate surface area is 359 Å². The summed E-state index contributed by atoms with van der Waals surface area (Å²) in [6.07, 6.45) is 0.455. The van der Waals surface area contributed by atoms with E-state index >= 15 is 0 Å². The second-order valence-corrected chi connectivity index (χ2v) is 17.5. The van der Waals surface area contributed by atoms with Gasteiger partial charge in [0, 0.05) is 61.5 Å². The summed E-state index contributed by atoms with van der Waals surface area (Å²) >= 11 is 14.2. The highest BCUT2D eigenvalue weighted by atomic mass is 79.9. The van der Waals surface area contributed by atoms with Crippen LogP contribution in [0.1, 0.15) is 24.0 Å². The van der Waals surface area contributed by atoms with E-state index < -0.39 is 12.3 Å². The van der Waals surface area contributed by atoms with Gasteiger partial charge in [0.2, 0.25) is 0 Å². The van der Waals surface area contributed by atoms with Crippen molar-refractivity contribution >= 4 is 107 Å². The van der Waals surface area contributed by atoms with E-state index in [1.165, 1.54) is 0 Å². The van der Waals surface area contributed by atoms with Crippen LogP contribution in [-0.2, 0) is 25.9 Å². The molecular formula is C46H40Br4F2N2O2. The number of ether oxygens (including phenoxy) is 2. The lowest BCUT2D eigenvalue weighted by Gasteiger charge is -2.13. The van der Waals surface area contributed by atoms with Crippen molar-refractivity contribution in [3.8, 4) is 11.5 Å². The minimum atomic E-state index is -0.933. The fourth-order valence-electron chi connectivity index (χ4n) is 7.37. The summed E-state index contributed by atoms with van der Waals surface area (Å²) in [7, 11) is 3.30. The molecule has 0 amide bonds. The van der Waals surface area contributed by atoms with Crippen LogP contribution in [-0.4, -0.2) is 35.7 Å². The minimum absolute atomic E-state index is 0.341. The molecule has 288 valence electrons.